The molecule has 0 spiro atoms. The molecular formula is C7H12ClN3O4. The highest BCUT2D eigenvalue weighted by atomic mass is 35.5. The summed E-state index contributed by atoms with van der Waals surface area (Å²) in [6, 6.07) is -0.668. The van der Waals surface area contributed by atoms with E-state index in [2.05, 4.69) is 15.8 Å². The fourth-order valence-corrected chi connectivity index (χ4v) is 0.807. The van der Waals surface area contributed by atoms with Gasteiger partial charge in [0, 0.05) is 12.3 Å². The zero-order valence-corrected chi connectivity index (χ0v) is 8.67. The number of carbonyl (C=O) groups is 3. The SMILES string of the molecule is NC(=O)OCCNC(=O)NC(=O)CCCl. The molecule has 0 heterocycles. The molecule has 0 aliphatic carbocycles. The summed E-state index contributed by atoms with van der Waals surface area (Å²) >= 11 is 5.28. The Morgan fingerprint density at radius 2 is 2.00 bits per heavy atom. The summed E-state index contributed by atoms with van der Waals surface area (Å²) in [6.07, 6.45) is -0.859. The lowest BCUT2D eigenvalue weighted by molar-refractivity contribution is -0.119. The van der Waals surface area contributed by atoms with E-state index in [-0.39, 0.29) is 25.5 Å². The van der Waals surface area contributed by atoms with Gasteiger partial charge in [-0.25, -0.2) is 9.59 Å². The molecule has 0 fully saturated rings. The summed E-state index contributed by atoms with van der Waals surface area (Å²) in [7, 11) is 0. The number of amides is 4. The van der Waals surface area contributed by atoms with Gasteiger partial charge in [-0.1, -0.05) is 0 Å². The molecule has 15 heavy (non-hydrogen) atoms. The minimum atomic E-state index is -0.921. The number of carbonyl (C=O) groups excluding carboxylic acids is 3. The van der Waals surface area contributed by atoms with Gasteiger partial charge in [-0.05, 0) is 0 Å². The summed E-state index contributed by atoms with van der Waals surface area (Å²) in [5.41, 5.74) is 4.67. The number of hydrogen-bond acceptors (Lipinski definition) is 4. The maximum atomic E-state index is 10.9. The fraction of sp³-hybridized carbons (Fsp3) is 0.571. The number of nitrogens with one attached hydrogen (secondary N) is 2. The van der Waals surface area contributed by atoms with Crippen molar-refractivity contribution in [1.82, 2.24) is 10.6 Å². The second kappa shape index (κ2) is 7.86. The van der Waals surface area contributed by atoms with E-state index in [1.54, 1.807) is 0 Å². The minimum absolute atomic E-state index is 0.0492. The van der Waals surface area contributed by atoms with Crippen LogP contribution >= 0.6 is 11.6 Å². The van der Waals surface area contributed by atoms with Crippen molar-refractivity contribution in [1.29, 1.82) is 0 Å². The first-order chi connectivity index (χ1) is 7.06. The normalized spacial score (nSPS) is 9.13. The number of imide groups is 1. The molecule has 0 aliphatic heterocycles. The Morgan fingerprint density at radius 3 is 2.53 bits per heavy atom. The predicted molar refractivity (Wildman–Crippen MR) is 52.4 cm³/mol. The molecule has 0 saturated carbocycles. The van der Waals surface area contributed by atoms with Gasteiger partial charge in [0.05, 0.1) is 6.54 Å². The van der Waals surface area contributed by atoms with Crippen LogP contribution in [0.4, 0.5) is 9.59 Å². The molecule has 7 nitrogen and oxygen atoms in total. The Bertz CT molecular complexity index is 246. The topological polar surface area (TPSA) is 111 Å². The third kappa shape index (κ3) is 8.82. The maximum absolute atomic E-state index is 10.9. The summed E-state index contributed by atoms with van der Waals surface area (Å²) in [6.45, 7) is 0.0232. The summed E-state index contributed by atoms with van der Waals surface area (Å²) in [5.74, 6) is -0.331. The Hall–Kier alpha value is -1.50. The summed E-state index contributed by atoms with van der Waals surface area (Å²) in [5, 5.41) is 4.30. The first-order valence-electron chi connectivity index (χ1n) is 4.12. The molecule has 0 aromatic rings. The van der Waals surface area contributed by atoms with E-state index >= 15 is 0 Å². The third-order valence-corrected chi connectivity index (χ3v) is 1.40. The van der Waals surface area contributed by atoms with Crippen LogP contribution in [0.1, 0.15) is 6.42 Å². The molecule has 0 aromatic carbocycles. The van der Waals surface area contributed by atoms with Crippen molar-refractivity contribution < 1.29 is 19.1 Å². The van der Waals surface area contributed by atoms with Gasteiger partial charge in [0.2, 0.25) is 5.91 Å². The lowest BCUT2D eigenvalue weighted by Gasteiger charge is -2.05. The van der Waals surface area contributed by atoms with Crippen LogP contribution in [0.25, 0.3) is 0 Å². The number of urea groups is 1. The molecule has 0 radical (unpaired) electrons. The first kappa shape index (κ1) is 13.5. The van der Waals surface area contributed by atoms with Gasteiger partial charge in [-0.15, -0.1) is 11.6 Å². The van der Waals surface area contributed by atoms with Crippen LogP contribution in [-0.4, -0.2) is 37.1 Å². The molecule has 86 valence electrons. The van der Waals surface area contributed by atoms with Gasteiger partial charge in [0.25, 0.3) is 0 Å². The Labute approximate surface area is 91.3 Å². The highest BCUT2D eigenvalue weighted by Crippen LogP contribution is 1.83. The largest absolute Gasteiger partial charge is 0.448 e. The van der Waals surface area contributed by atoms with Crippen molar-refractivity contribution in [2.45, 2.75) is 6.42 Å². The molecular weight excluding hydrogens is 226 g/mol. The van der Waals surface area contributed by atoms with Gasteiger partial charge in [-0.3, -0.25) is 10.1 Å². The van der Waals surface area contributed by atoms with Crippen molar-refractivity contribution in [3.05, 3.63) is 0 Å². The molecule has 4 N–H and O–H groups in total. The van der Waals surface area contributed by atoms with E-state index in [1.165, 1.54) is 0 Å². The quantitative estimate of drug-likeness (QED) is 0.444. The van der Waals surface area contributed by atoms with Crippen LogP contribution in [-0.2, 0) is 9.53 Å². The lowest BCUT2D eigenvalue weighted by atomic mass is 10.4. The lowest BCUT2D eigenvalue weighted by Crippen LogP contribution is -2.41. The third-order valence-electron chi connectivity index (χ3n) is 1.21. The van der Waals surface area contributed by atoms with E-state index < -0.39 is 18.0 Å². The minimum Gasteiger partial charge on any atom is -0.448 e. The highest BCUT2D eigenvalue weighted by Gasteiger charge is 2.05. The predicted octanol–water partition coefficient (Wildman–Crippen LogP) is -0.464. The molecule has 0 unspecified atom stereocenters. The zero-order chi connectivity index (χ0) is 11.7. The maximum Gasteiger partial charge on any atom is 0.404 e. The van der Waals surface area contributed by atoms with E-state index in [0.717, 1.165) is 0 Å². The smallest absolute Gasteiger partial charge is 0.404 e. The highest BCUT2D eigenvalue weighted by molar-refractivity contribution is 6.19. The number of ether oxygens (including phenoxy) is 1. The zero-order valence-electron chi connectivity index (χ0n) is 7.92. The monoisotopic (exact) mass is 237 g/mol. The van der Waals surface area contributed by atoms with Gasteiger partial charge >= 0.3 is 12.1 Å². The average molecular weight is 238 g/mol. The van der Waals surface area contributed by atoms with Crippen molar-refractivity contribution >= 4 is 29.6 Å². The van der Waals surface area contributed by atoms with Crippen molar-refractivity contribution in [3.63, 3.8) is 0 Å². The van der Waals surface area contributed by atoms with Gasteiger partial charge < -0.3 is 15.8 Å². The van der Waals surface area contributed by atoms with Gasteiger partial charge in [0.1, 0.15) is 6.61 Å². The van der Waals surface area contributed by atoms with Crippen LogP contribution in [0.5, 0.6) is 0 Å². The van der Waals surface area contributed by atoms with Crippen molar-refractivity contribution in [2.24, 2.45) is 5.73 Å². The van der Waals surface area contributed by atoms with Gasteiger partial charge in [-0.2, -0.15) is 0 Å². The number of nitrogens with two attached hydrogens (primary N) is 1. The Balaban J connectivity index is 3.49. The number of primary amides is 1. The molecule has 0 bridgehead atoms. The van der Waals surface area contributed by atoms with Crippen molar-refractivity contribution in [2.75, 3.05) is 19.0 Å². The molecule has 0 saturated heterocycles. The van der Waals surface area contributed by atoms with Crippen molar-refractivity contribution in [3.8, 4) is 0 Å². The number of hydrogen-bond donors (Lipinski definition) is 3. The molecule has 8 heteroatoms. The average Bonchev–Trinajstić information content (AvgIpc) is 2.12. The van der Waals surface area contributed by atoms with Crippen LogP contribution in [0.3, 0.4) is 0 Å². The second-order valence-electron chi connectivity index (χ2n) is 2.41. The van der Waals surface area contributed by atoms with Crippen LogP contribution < -0.4 is 16.4 Å². The fourth-order valence-electron chi connectivity index (χ4n) is 0.635. The molecule has 0 atom stereocenters. The number of rotatable bonds is 5. The molecule has 0 aromatic heterocycles. The molecule has 0 rings (SSSR count). The van der Waals surface area contributed by atoms with Crippen LogP contribution in [0.15, 0.2) is 0 Å². The van der Waals surface area contributed by atoms with Crippen LogP contribution in [0, 0.1) is 0 Å². The number of alkyl halides is 1. The van der Waals surface area contributed by atoms with E-state index in [0.29, 0.717) is 0 Å². The molecule has 0 aliphatic rings. The Morgan fingerprint density at radius 1 is 1.33 bits per heavy atom. The van der Waals surface area contributed by atoms with E-state index in [4.69, 9.17) is 11.6 Å². The summed E-state index contributed by atoms with van der Waals surface area (Å²) < 4.78 is 4.34. The first-order valence-corrected chi connectivity index (χ1v) is 4.65. The summed E-state index contributed by atoms with van der Waals surface area (Å²) in [4.78, 5) is 31.9. The van der Waals surface area contributed by atoms with Crippen LogP contribution in [0.2, 0.25) is 0 Å². The number of halogens is 1. The standard InChI is InChI=1S/C7H12ClN3O4/c8-2-1-5(12)11-7(14)10-3-4-15-6(9)13/h1-4H2,(H2,9,13)(H2,10,11,12,14). The van der Waals surface area contributed by atoms with E-state index in [1.807, 2.05) is 5.32 Å². The Kier molecular flexibility index (Phi) is 7.08. The van der Waals surface area contributed by atoms with Gasteiger partial charge in [0.15, 0.2) is 0 Å². The van der Waals surface area contributed by atoms with E-state index in [9.17, 15) is 14.4 Å². The second-order valence-corrected chi connectivity index (χ2v) is 2.79. The molecule has 4 amide bonds.